The molecule has 0 unspecified atom stereocenters. The van der Waals surface area contributed by atoms with E-state index in [1.807, 2.05) is 30.3 Å². The van der Waals surface area contributed by atoms with Crippen LogP contribution < -0.4 is 4.90 Å². The number of para-hydroxylation sites is 1. The van der Waals surface area contributed by atoms with E-state index in [0.717, 1.165) is 31.2 Å². The van der Waals surface area contributed by atoms with Crippen molar-refractivity contribution in [2.75, 3.05) is 11.4 Å². The molecule has 3 rings (SSSR count). The monoisotopic (exact) mass is 237 g/mol. The van der Waals surface area contributed by atoms with Crippen molar-refractivity contribution >= 4 is 17.7 Å². The highest BCUT2D eigenvalue weighted by Crippen LogP contribution is 2.33. The number of hydrogen-bond acceptors (Lipinski definition) is 2. The fraction of sp³-hybridized carbons (Fsp3) is 0.188. The molecular weight excluding hydrogens is 222 g/mol. The number of benzene rings is 2. The number of carbonyl (C=O) groups is 1. The lowest BCUT2D eigenvalue weighted by Gasteiger charge is -2.31. The molecule has 0 fully saturated rings. The van der Waals surface area contributed by atoms with Gasteiger partial charge in [-0.2, -0.15) is 0 Å². The van der Waals surface area contributed by atoms with Crippen LogP contribution in [0.4, 0.5) is 11.4 Å². The van der Waals surface area contributed by atoms with Crippen LogP contribution in [0.2, 0.25) is 0 Å². The van der Waals surface area contributed by atoms with Gasteiger partial charge in [-0.1, -0.05) is 30.3 Å². The van der Waals surface area contributed by atoms with Crippen LogP contribution in [0, 0.1) is 0 Å². The fourth-order valence-electron chi connectivity index (χ4n) is 2.54. The molecule has 0 N–H and O–H groups in total. The highest BCUT2D eigenvalue weighted by atomic mass is 16.1. The smallest absolute Gasteiger partial charge is 0.150 e. The average Bonchev–Trinajstić information content (AvgIpc) is 2.47. The number of nitrogens with zero attached hydrogens (tertiary/aromatic N) is 1. The van der Waals surface area contributed by atoms with Crippen LogP contribution >= 0.6 is 0 Å². The summed E-state index contributed by atoms with van der Waals surface area (Å²) in [4.78, 5) is 13.2. The third-order valence-electron chi connectivity index (χ3n) is 3.43. The molecule has 2 nitrogen and oxygen atoms in total. The lowest BCUT2D eigenvalue weighted by atomic mass is 9.99. The van der Waals surface area contributed by atoms with E-state index in [4.69, 9.17) is 0 Å². The fourth-order valence-corrected chi connectivity index (χ4v) is 2.54. The Balaban J connectivity index is 2.08. The first-order valence-electron chi connectivity index (χ1n) is 6.29. The van der Waals surface area contributed by atoms with Crippen LogP contribution in [0.15, 0.2) is 48.5 Å². The van der Waals surface area contributed by atoms with E-state index >= 15 is 0 Å². The molecule has 0 saturated carbocycles. The van der Waals surface area contributed by atoms with Gasteiger partial charge in [-0.05, 0) is 36.6 Å². The Labute approximate surface area is 107 Å². The van der Waals surface area contributed by atoms with Gasteiger partial charge < -0.3 is 4.90 Å². The zero-order valence-electron chi connectivity index (χ0n) is 10.2. The van der Waals surface area contributed by atoms with Gasteiger partial charge in [0.25, 0.3) is 0 Å². The predicted molar refractivity (Wildman–Crippen MR) is 73.6 cm³/mol. The minimum absolute atomic E-state index is 0.747. The quantitative estimate of drug-likeness (QED) is 0.744. The van der Waals surface area contributed by atoms with Crippen molar-refractivity contribution in [3.8, 4) is 0 Å². The number of hydrogen-bond donors (Lipinski definition) is 0. The molecule has 0 atom stereocenters. The van der Waals surface area contributed by atoms with Gasteiger partial charge >= 0.3 is 0 Å². The van der Waals surface area contributed by atoms with Crippen LogP contribution in [0.1, 0.15) is 22.3 Å². The van der Waals surface area contributed by atoms with Crippen molar-refractivity contribution in [1.82, 2.24) is 0 Å². The van der Waals surface area contributed by atoms with Gasteiger partial charge in [-0.25, -0.2) is 0 Å². The Kier molecular flexibility index (Phi) is 2.85. The third kappa shape index (κ3) is 1.90. The maximum absolute atomic E-state index is 10.9. The number of carbonyl (C=O) groups excluding carboxylic acids is 1. The molecule has 1 aliphatic heterocycles. The molecule has 2 aromatic carbocycles. The Morgan fingerprint density at radius 1 is 1.06 bits per heavy atom. The minimum Gasteiger partial charge on any atom is -0.341 e. The lowest BCUT2D eigenvalue weighted by molar-refractivity contribution is 0.112. The summed E-state index contributed by atoms with van der Waals surface area (Å²) in [5, 5.41) is 0. The standard InChI is InChI=1S/C16H15NO/c18-12-13-8-9-14-5-4-10-17(16(14)11-13)15-6-2-1-3-7-15/h1-3,6-9,11-12H,4-5,10H2. The van der Waals surface area contributed by atoms with Crippen LogP contribution in [0.5, 0.6) is 0 Å². The van der Waals surface area contributed by atoms with Gasteiger partial charge in [0.15, 0.2) is 0 Å². The Hall–Kier alpha value is -2.09. The zero-order chi connectivity index (χ0) is 12.4. The molecular formula is C16H15NO. The van der Waals surface area contributed by atoms with Crippen LogP contribution in [0.25, 0.3) is 0 Å². The highest BCUT2D eigenvalue weighted by molar-refractivity contribution is 5.80. The molecule has 18 heavy (non-hydrogen) atoms. The van der Waals surface area contributed by atoms with E-state index in [9.17, 15) is 4.79 Å². The van der Waals surface area contributed by atoms with E-state index in [1.54, 1.807) is 0 Å². The second-order valence-electron chi connectivity index (χ2n) is 4.60. The van der Waals surface area contributed by atoms with Gasteiger partial charge in [0, 0.05) is 23.5 Å². The maximum Gasteiger partial charge on any atom is 0.150 e. The van der Waals surface area contributed by atoms with E-state index in [1.165, 1.54) is 16.9 Å². The molecule has 90 valence electrons. The molecule has 0 aliphatic carbocycles. The summed E-state index contributed by atoms with van der Waals surface area (Å²) >= 11 is 0. The first kappa shape index (κ1) is 11.0. The normalized spacial score (nSPS) is 14.1. The van der Waals surface area contributed by atoms with Gasteiger partial charge in [-0.15, -0.1) is 0 Å². The summed E-state index contributed by atoms with van der Waals surface area (Å²) < 4.78 is 0. The Morgan fingerprint density at radius 2 is 1.89 bits per heavy atom. The minimum atomic E-state index is 0.747. The third-order valence-corrected chi connectivity index (χ3v) is 3.43. The Morgan fingerprint density at radius 3 is 2.67 bits per heavy atom. The Bertz CT molecular complexity index is 563. The molecule has 0 spiro atoms. The maximum atomic E-state index is 10.9. The SMILES string of the molecule is O=Cc1ccc2c(c1)N(c1ccccc1)CCC2. The molecule has 2 aromatic rings. The van der Waals surface area contributed by atoms with Crippen LogP contribution in [-0.4, -0.2) is 12.8 Å². The molecule has 1 heterocycles. The van der Waals surface area contributed by atoms with Crippen molar-refractivity contribution in [2.24, 2.45) is 0 Å². The lowest BCUT2D eigenvalue weighted by Crippen LogP contribution is -2.24. The van der Waals surface area contributed by atoms with E-state index in [0.29, 0.717) is 0 Å². The average molecular weight is 237 g/mol. The predicted octanol–water partition coefficient (Wildman–Crippen LogP) is 3.58. The molecule has 0 bridgehead atoms. The van der Waals surface area contributed by atoms with Crippen molar-refractivity contribution in [1.29, 1.82) is 0 Å². The van der Waals surface area contributed by atoms with Gasteiger partial charge in [0.1, 0.15) is 6.29 Å². The molecule has 1 aliphatic rings. The first-order chi connectivity index (χ1) is 8.88. The van der Waals surface area contributed by atoms with Crippen LogP contribution in [0.3, 0.4) is 0 Å². The number of fused-ring (bicyclic) bond motifs is 1. The van der Waals surface area contributed by atoms with Crippen molar-refractivity contribution in [3.63, 3.8) is 0 Å². The summed E-state index contributed by atoms with van der Waals surface area (Å²) in [6.45, 7) is 1.01. The summed E-state index contributed by atoms with van der Waals surface area (Å²) in [5.41, 5.74) is 4.45. The summed E-state index contributed by atoms with van der Waals surface area (Å²) in [7, 11) is 0. The number of aldehydes is 1. The molecule has 0 amide bonds. The number of aryl methyl sites for hydroxylation is 1. The summed E-state index contributed by atoms with van der Waals surface area (Å²) in [5.74, 6) is 0. The van der Waals surface area contributed by atoms with Gasteiger partial charge in [-0.3, -0.25) is 4.79 Å². The second kappa shape index (κ2) is 4.65. The number of anilines is 2. The van der Waals surface area contributed by atoms with E-state index in [-0.39, 0.29) is 0 Å². The molecule has 0 radical (unpaired) electrons. The zero-order valence-corrected chi connectivity index (χ0v) is 10.2. The van der Waals surface area contributed by atoms with Crippen LogP contribution in [-0.2, 0) is 6.42 Å². The molecule has 2 heteroatoms. The molecule has 0 aromatic heterocycles. The largest absolute Gasteiger partial charge is 0.341 e. The van der Waals surface area contributed by atoms with E-state index in [2.05, 4.69) is 23.1 Å². The topological polar surface area (TPSA) is 20.3 Å². The first-order valence-corrected chi connectivity index (χ1v) is 6.29. The summed E-state index contributed by atoms with van der Waals surface area (Å²) in [6.07, 6.45) is 3.16. The van der Waals surface area contributed by atoms with Crippen molar-refractivity contribution in [2.45, 2.75) is 12.8 Å². The van der Waals surface area contributed by atoms with E-state index < -0.39 is 0 Å². The molecule has 0 saturated heterocycles. The summed E-state index contributed by atoms with van der Waals surface area (Å²) in [6, 6.07) is 16.3. The second-order valence-corrected chi connectivity index (χ2v) is 4.60. The van der Waals surface area contributed by atoms with Crippen molar-refractivity contribution in [3.05, 3.63) is 59.7 Å². The van der Waals surface area contributed by atoms with Gasteiger partial charge in [0.2, 0.25) is 0 Å². The highest BCUT2D eigenvalue weighted by Gasteiger charge is 2.18. The number of rotatable bonds is 2. The van der Waals surface area contributed by atoms with Gasteiger partial charge in [0.05, 0.1) is 0 Å². The van der Waals surface area contributed by atoms with Crippen molar-refractivity contribution < 1.29 is 4.79 Å².